The first kappa shape index (κ1) is 38.7. The number of fused-ring (bicyclic) bond motifs is 1. The number of hydrogen-bond acceptors (Lipinski definition) is 11. The molecule has 264 valence electrons. The summed E-state index contributed by atoms with van der Waals surface area (Å²) in [5, 5.41) is 13.3. The summed E-state index contributed by atoms with van der Waals surface area (Å²) in [5.41, 5.74) is 8.41. The molecular weight excluding hydrogens is 656 g/mol. The Morgan fingerprint density at radius 2 is 1.59 bits per heavy atom. The van der Waals surface area contributed by atoms with E-state index < -0.39 is 30.1 Å². The van der Waals surface area contributed by atoms with Crippen molar-refractivity contribution >= 4 is 23.2 Å². The Bertz CT molecular complexity index is 1660. The zero-order chi connectivity index (χ0) is 35.0. The number of aliphatic hydroxyl groups is 1. The number of esters is 1. The van der Waals surface area contributed by atoms with Gasteiger partial charge in [0.15, 0.2) is 35.4 Å². The second-order valence-corrected chi connectivity index (χ2v) is 11.6. The molecule has 3 aromatic rings. The quantitative estimate of drug-likeness (QED) is 0.159. The Morgan fingerprint density at radius 1 is 0.918 bits per heavy atom. The SMILES string of the molecule is COc1ccc(C2=CC(=O)COc3c2cc(OC)c(OC)c3OC)cc1OC(=O)C(CC(C)C)NC(=O)C(O)C(N)Cc1ccccc1.[Cl-]. The number of nitrogens with two attached hydrogens (primary N) is 1. The third-order valence-corrected chi connectivity index (χ3v) is 7.72. The van der Waals surface area contributed by atoms with Crippen molar-refractivity contribution in [3.05, 3.63) is 77.4 Å². The maximum absolute atomic E-state index is 13.6. The lowest BCUT2D eigenvalue weighted by Crippen LogP contribution is -3.00. The molecule has 4 N–H and O–H groups in total. The summed E-state index contributed by atoms with van der Waals surface area (Å²) in [6.45, 7) is 3.52. The van der Waals surface area contributed by atoms with Gasteiger partial charge in [0.05, 0.1) is 28.4 Å². The van der Waals surface area contributed by atoms with Crippen LogP contribution >= 0.6 is 0 Å². The van der Waals surface area contributed by atoms with Crippen LogP contribution in [0.1, 0.15) is 37.0 Å². The van der Waals surface area contributed by atoms with Gasteiger partial charge < -0.3 is 57.0 Å². The molecule has 1 aliphatic heterocycles. The lowest BCUT2D eigenvalue weighted by atomic mass is 9.95. The fourth-order valence-corrected chi connectivity index (χ4v) is 5.37. The van der Waals surface area contributed by atoms with Crippen LogP contribution in [-0.4, -0.2) is 76.0 Å². The smallest absolute Gasteiger partial charge is 0.334 e. The van der Waals surface area contributed by atoms with E-state index in [9.17, 15) is 19.5 Å². The molecule has 3 aromatic carbocycles. The maximum Gasteiger partial charge on any atom is 0.334 e. The minimum absolute atomic E-state index is 0. The van der Waals surface area contributed by atoms with E-state index in [1.165, 1.54) is 34.5 Å². The molecule has 0 radical (unpaired) electrons. The first-order valence-electron chi connectivity index (χ1n) is 15.4. The largest absolute Gasteiger partial charge is 1.00 e. The van der Waals surface area contributed by atoms with Crippen LogP contribution in [0, 0.1) is 5.92 Å². The van der Waals surface area contributed by atoms with Gasteiger partial charge >= 0.3 is 5.97 Å². The molecule has 3 unspecified atom stereocenters. The lowest BCUT2D eigenvalue weighted by molar-refractivity contribution is -0.142. The number of ketones is 1. The normalized spacial score (nSPS) is 14.1. The molecular formula is C36H42ClN2O10-. The third-order valence-electron chi connectivity index (χ3n) is 7.72. The third kappa shape index (κ3) is 9.23. The minimum Gasteiger partial charge on any atom is -1.00 e. The van der Waals surface area contributed by atoms with Gasteiger partial charge in [0.25, 0.3) is 5.91 Å². The number of nitrogens with one attached hydrogen (secondary N) is 1. The molecule has 0 aromatic heterocycles. The second-order valence-electron chi connectivity index (χ2n) is 11.6. The number of halogens is 1. The Balaban J connectivity index is 0.00000650. The van der Waals surface area contributed by atoms with Gasteiger partial charge in [-0.3, -0.25) is 9.59 Å². The van der Waals surface area contributed by atoms with Gasteiger partial charge in [-0.15, -0.1) is 0 Å². The molecule has 0 saturated heterocycles. The van der Waals surface area contributed by atoms with Crippen LogP contribution in [0.4, 0.5) is 0 Å². The van der Waals surface area contributed by atoms with Crippen molar-refractivity contribution in [1.82, 2.24) is 5.32 Å². The molecule has 49 heavy (non-hydrogen) atoms. The molecule has 1 aliphatic rings. The predicted octanol–water partition coefficient (Wildman–Crippen LogP) is 0.485. The molecule has 1 amide bonds. The van der Waals surface area contributed by atoms with Crippen molar-refractivity contribution in [2.24, 2.45) is 11.7 Å². The number of methoxy groups -OCH3 is 4. The fourth-order valence-electron chi connectivity index (χ4n) is 5.37. The highest BCUT2D eigenvalue weighted by Crippen LogP contribution is 2.50. The molecule has 1 heterocycles. The number of ether oxygens (including phenoxy) is 6. The molecule has 3 atom stereocenters. The number of hydrogen-bond donors (Lipinski definition) is 3. The molecule has 0 saturated carbocycles. The van der Waals surface area contributed by atoms with Crippen molar-refractivity contribution in [3.8, 4) is 34.5 Å². The van der Waals surface area contributed by atoms with Crippen LogP contribution in [0.5, 0.6) is 34.5 Å². The zero-order valence-electron chi connectivity index (χ0n) is 28.3. The van der Waals surface area contributed by atoms with Gasteiger partial charge in [0.2, 0.25) is 11.5 Å². The predicted molar refractivity (Wildman–Crippen MR) is 178 cm³/mol. The van der Waals surface area contributed by atoms with Crippen LogP contribution in [0.25, 0.3) is 5.57 Å². The molecule has 13 heteroatoms. The van der Waals surface area contributed by atoms with Crippen LogP contribution in [-0.2, 0) is 20.8 Å². The number of rotatable bonds is 14. The topological polar surface area (TPSA) is 165 Å². The highest BCUT2D eigenvalue weighted by atomic mass is 35.5. The average Bonchev–Trinajstić information content (AvgIpc) is 3.24. The lowest BCUT2D eigenvalue weighted by Gasteiger charge is -2.24. The fraction of sp³-hybridized carbons (Fsp3) is 0.361. The van der Waals surface area contributed by atoms with Gasteiger partial charge in [-0.05, 0) is 59.7 Å². The van der Waals surface area contributed by atoms with E-state index in [0.29, 0.717) is 28.2 Å². The van der Waals surface area contributed by atoms with Gasteiger partial charge in [-0.2, -0.15) is 0 Å². The Hall–Kier alpha value is -4.78. The van der Waals surface area contributed by atoms with E-state index in [0.717, 1.165) is 5.56 Å². The number of amides is 1. The average molecular weight is 698 g/mol. The highest BCUT2D eigenvalue weighted by molar-refractivity contribution is 6.04. The zero-order valence-corrected chi connectivity index (χ0v) is 29.0. The van der Waals surface area contributed by atoms with Gasteiger partial charge in [-0.25, -0.2) is 4.79 Å². The van der Waals surface area contributed by atoms with E-state index >= 15 is 0 Å². The molecule has 4 rings (SSSR count). The van der Waals surface area contributed by atoms with Crippen molar-refractivity contribution in [1.29, 1.82) is 0 Å². The van der Waals surface area contributed by atoms with Crippen LogP contribution < -0.4 is 51.9 Å². The summed E-state index contributed by atoms with van der Waals surface area (Å²) in [6.07, 6.45) is 0.335. The Kier molecular flexibility index (Phi) is 13.9. The number of carbonyl (C=O) groups is 3. The van der Waals surface area contributed by atoms with E-state index in [1.54, 1.807) is 24.3 Å². The van der Waals surface area contributed by atoms with Crippen molar-refractivity contribution in [2.45, 2.75) is 44.9 Å². The summed E-state index contributed by atoms with van der Waals surface area (Å²) in [6, 6.07) is 13.7. The molecule has 0 fully saturated rings. The Morgan fingerprint density at radius 3 is 2.20 bits per heavy atom. The summed E-state index contributed by atoms with van der Waals surface area (Å²) >= 11 is 0. The summed E-state index contributed by atoms with van der Waals surface area (Å²) in [4.78, 5) is 39.6. The molecule has 0 aliphatic carbocycles. The minimum atomic E-state index is -1.57. The van der Waals surface area contributed by atoms with E-state index in [4.69, 9.17) is 34.2 Å². The van der Waals surface area contributed by atoms with Crippen LogP contribution in [0.2, 0.25) is 0 Å². The standard InChI is InChI=1S/C36H42N2O10.ClH/c1-20(2)14-27(38-35(41)31(40)26(37)15-21-10-8-7-9-11-21)36(42)48-29-16-22(12-13-28(29)43-3)24-17-23(39)19-47-32-25(24)18-30(44-4)33(45-5)34(32)46-6;/h7-13,16-18,20,26-27,31,40H,14-15,19,37H2,1-6H3,(H,38,41);1H/p-1. The second kappa shape index (κ2) is 17.6. The van der Waals surface area contributed by atoms with Crippen molar-refractivity contribution < 1.29 is 60.3 Å². The van der Waals surface area contributed by atoms with Gasteiger partial charge in [0.1, 0.15) is 12.1 Å². The number of carbonyl (C=O) groups excluding carboxylic acids is 3. The number of benzene rings is 3. The van der Waals surface area contributed by atoms with E-state index in [1.807, 2.05) is 44.2 Å². The summed E-state index contributed by atoms with van der Waals surface area (Å²) in [7, 11) is 5.81. The van der Waals surface area contributed by atoms with Crippen molar-refractivity contribution in [3.63, 3.8) is 0 Å². The highest BCUT2D eigenvalue weighted by Gasteiger charge is 2.31. The molecule has 0 spiro atoms. The van der Waals surface area contributed by atoms with E-state index in [-0.39, 0.29) is 66.6 Å². The maximum atomic E-state index is 13.6. The van der Waals surface area contributed by atoms with E-state index in [2.05, 4.69) is 5.32 Å². The summed E-state index contributed by atoms with van der Waals surface area (Å²) < 4.78 is 33.8. The first-order chi connectivity index (χ1) is 23.0. The molecule has 12 nitrogen and oxygen atoms in total. The van der Waals surface area contributed by atoms with Crippen molar-refractivity contribution in [2.75, 3.05) is 35.0 Å². The van der Waals surface area contributed by atoms with Crippen LogP contribution in [0.15, 0.2) is 60.7 Å². The van der Waals surface area contributed by atoms with Gasteiger partial charge in [0, 0.05) is 11.6 Å². The Labute approximate surface area is 291 Å². The number of aliphatic hydroxyl groups excluding tert-OH is 1. The summed E-state index contributed by atoms with van der Waals surface area (Å²) in [5.74, 6) is -0.499. The van der Waals surface area contributed by atoms with Gasteiger partial charge in [-0.1, -0.05) is 50.2 Å². The monoisotopic (exact) mass is 697 g/mol. The van der Waals surface area contributed by atoms with Crippen LogP contribution in [0.3, 0.4) is 0 Å². The molecule has 0 bridgehead atoms. The first-order valence-corrected chi connectivity index (χ1v) is 15.4.